The van der Waals surface area contributed by atoms with E-state index in [0.717, 1.165) is 5.75 Å². The molecule has 3 heterocycles. The van der Waals surface area contributed by atoms with Crippen LogP contribution in [0, 0.1) is 5.92 Å². The largest absolute Gasteiger partial charge is 0.486 e. The number of fused-ring (bicyclic) bond motifs is 1. The van der Waals surface area contributed by atoms with Crippen molar-refractivity contribution in [1.82, 2.24) is 14.8 Å². The molecule has 1 amide bonds. The van der Waals surface area contributed by atoms with E-state index in [1.54, 1.807) is 13.0 Å². The molecule has 2 aliphatic rings. The fourth-order valence-corrected chi connectivity index (χ4v) is 5.84. The lowest BCUT2D eigenvalue weighted by Crippen LogP contribution is -2.25. The zero-order valence-corrected chi connectivity index (χ0v) is 23.1. The molecule has 1 aromatic heterocycles. The van der Waals surface area contributed by atoms with E-state index in [-0.39, 0.29) is 17.9 Å². The number of hydrogen-bond acceptors (Lipinski definition) is 9. The van der Waals surface area contributed by atoms with Crippen LogP contribution in [0.2, 0.25) is 0 Å². The van der Waals surface area contributed by atoms with Crippen LogP contribution in [0.15, 0.2) is 62.5 Å². The predicted molar refractivity (Wildman–Crippen MR) is 146 cm³/mol. The monoisotopic (exact) mass is 539 g/mol. The molecule has 37 heavy (non-hydrogen) atoms. The van der Waals surface area contributed by atoms with Crippen LogP contribution in [0.25, 0.3) is 0 Å². The number of thioether (sulfide) groups is 2. The van der Waals surface area contributed by atoms with E-state index >= 15 is 0 Å². The standard InChI is InChI=1S/C26H29N5O4S2/c1-7-12-31-19(13-35-17-10-8-16(9-11-17)26(3,4)5)29-30-25(31)36-14-18-27-22(32)20-15(2)21(24(33)34-6)37-23(20)28-18/h7-11,20H,1,12-14H2,2-6H3. The van der Waals surface area contributed by atoms with Gasteiger partial charge in [-0.25, -0.2) is 9.79 Å². The van der Waals surface area contributed by atoms with Crippen molar-refractivity contribution in [2.75, 3.05) is 12.9 Å². The van der Waals surface area contributed by atoms with Crippen LogP contribution >= 0.6 is 23.5 Å². The van der Waals surface area contributed by atoms with Crippen LogP contribution < -0.4 is 4.74 Å². The molecule has 0 N–H and O–H groups in total. The first-order valence-corrected chi connectivity index (χ1v) is 13.5. The molecule has 194 valence electrons. The summed E-state index contributed by atoms with van der Waals surface area (Å²) in [6.07, 6.45) is 1.76. The summed E-state index contributed by atoms with van der Waals surface area (Å²) in [5.41, 5.74) is 1.93. The summed E-state index contributed by atoms with van der Waals surface area (Å²) in [6.45, 7) is 12.8. The molecule has 1 atom stereocenters. The van der Waals surface area contributed by atoms with Crippen molar-refractivity contribution in [1.29, 1.82) is 0 Å². The second kappa shape index (κ2) is 11.1. The molecule has 0 saturated heterocycles. The molecule has 1 unspecified atom stereocenters. The van der Waals surface area contributed by atoms with E-state index in [4.69, 9.17) is 9.47 Å². The quantitative estimate of drug-likeness (QED) is 0.259. The molecule has 0 bridgehead atoms. The Balaban J connectivity index is 1.42. The van der Waals surface area contributed by atoms with E-state index in [9.17, 15) is 9.59 Å². The van der Waals surface area contributed by atoms with Crippen LogP contribution in [0.4, 0.5) is 0 Å². The van der Waals surface area contributed by atoms with Gasteiger partial charge in [0.25, 0.3) is 5.91 Å². The maximum absolute atomic E-state index is 12.7. The number of amidine groups is 1. The molecule has 0 aliphatic carbocycles. The zero-order valence-electron chi connectivity index (χ0n) is 21.5. The fourth-order valence-electron chi connectivity index (χ4n) is 3.82. The molecule has 0 spiro atoms. The van der Waals surface area contributed by atoms with Gasteiger partial charge in [0.15, 0.2) is 11.0 Å². The molecule has 1 aromatic carbocycles. The first kappa shape index (κ1) is 26.9. The van der Waals surface area contributed by atoms with E-state index in [0.29, 0.717) is 44.6 Å². The van der Waals surface area contributed by atoms with Gasteiger partial charge >= 0.3 is 5.97 Å². The second-order valence-corrected chi connectivity index (χ2v) is 11.5. The second-order valence-electron chi connectivity index (χ2n) is 9.50. The Morgan fingerprint density at radius 1 is 1.22 bits per heavy atom. The third kappa shape index (κ3) is 5.88. The third-order valence-corrected chi connectivity index (χ3v) is 8.06. The number of ether oxygens (including phenoxy) is 2. The van der Waals surface area contributed by atoms with Gasteiger partial charge in [0, 0.05) is 6.54 Å². The highest BCUT2D eigenvalue weighted by Crippen LogP contribution is 2.41. The summed E-state index contributed by atoms with van der Waals surface area (Å²) >= 11 is 2.54. The van der Waals surface area contributed by atoms with Crippen LogP contribution in [-0.2, 0) is 32.9 Å². The lowest BCUT2D eigenvalue weighted by molar-refractivity contribution is -0.135. The molecule has 11 heteroatoms. The number of carbonyl (C=O) groups excluding carboxylic acids is 2. The SMILES string of the molecule is C=CCn1c(COc2ccc(C(C)(C)C)cc2)nnc1SCC1=NC(=O)C2C(=N1)SC(C(=O)OC)=C2C. The summed E-state index contributed by atoms with van der Waals surface area (Å²) in [5, 5.41) is 9.80. The van der Waals surface area contributed by atoms with E-state index in [1.807, 2.05) is 16.7 Å². The number of hydrogen-bond donors (Lipinski definition) is 0. The van der Waals surface area contributed by atoms with Gasteiger partial charge in [-0.3, -0.25) is 9.36 Å². The fraction of sp³-hybridized carbons (Fsp3) is 0.385. The summed E-state index contributed by atoms with van der Waals surface area (Å²) < 4.78 is 12.7. The van der Waals surface area contributed by atoms with Gasteiger partial charge in [-0.1, -0.05) is 62.5 Å². The number of carbonyl (C=O) groups is 2. The Morgan fingerprint density at radius 2 is 1.95 bits per heavy atom. The molecule has 4 rings (SSSR count). The summed E-state index contributed by atoms with van der Waals surface area (Å²) in [7, 11) is 1.31. The van der Waals surface area contributed by atoms with Gasteiger partial charge in [0.05, 0.1) is 22.8 Å². The molecule has 0 fully saturated rings. The first-order chi connectivity index (χ1) is 17.6. The maximum atomic E-state index is 12.7. The lowest BCUT2D eigenvalue weighted by atomic mass is 9.87. The van der Waals surface area contributed by atoms with Crippen molar-refractivity contribution < 1.29 is 19.1 Å². The Hall–Kier alpha value is -3.18. The topological polar surface area (TPSA) is 108 Å². The van der Waals surface area contributed by atoms with E-state index in [2.05, 4.69) is 59.7 Å². The minimum absolute atomic E-state index is 0.0726. The number of aromatic nitrogens is 3. The van der Waals surface area contributed by atoms with Gasteiger partial charge in [-0.05, 0) is 35.6 Å². The summed E-state index contributed by atoms with van der Waals surface area (Å²) in [4.78, 5) is 33.8. The number of esters is 1. The van der Waals surface area contributed by atoms with Crippen molar-refractivity contribution in [2.45, 2.75) is 51.4 Å². The molecule has 2 aromatic rings. The van der Waals surface area contributed by atoms with Gasteiger partial charge in [0.1, 0.15) is 24.1 Å². The molecule has 9 nitrogen and oxygen atoms in total. The number of methoxy groups -OCH3 is 1. The number of allylic oxidation sites excluding steroid dienone is 1. The van der Waals surface area contributed by atoms with E-state index < -0.39 is 11.9 Å². The normalized spacial score (nSPS) is 17.3. The highest BCUT2D eigenvalue weighted by molar-refractivity contribution is 8.18. The Bertz CT molecular complexity index is 1320. The van der Waals surface area contributed by atoms with Crippen molar-refractivity contribution in [3.05, 3.63) is 58.8 Å². The summed E-state index contributed by atoms with van der Waals surface area (Å²) in [6, 6.07) is 8.05. The van der Waals surface area contributed by atoms with Crippen LogP contribution in [0.1, 0.15) is 39.1 Å². The highest BCUT2D eigenvalue weighted by Gasteiger charge is 2.40. The average molecular weight is 540 g/mol. The molecule has 0 radical (unpaired) electrons. The Labute approximate surface area is 224 Å². The van der Waals surface area contributed by atoms with Crippen LogP contribution in [0.3, 0.4) is 0 Å². The van der Waals surface area contributed by atoms with Gasteiger partial charge in [-0.15, -0.1) is 16.8 Å². The van der Waals surface area contributed by atoms with Crippen LogP contribution in [0.5, 0.6) is 5.75 Å². The molecule has 0 saturated carbocycles. The highest BCUT2D eigenvalue weighted by atomic mass is 32.2. The zero-order chi connectivity index (χ0) is 26.7. The first-order valence-electron chi connectivity index (χ1n) is 11.7. The van der Waals surface area contributed by atoms with Gasteiger partial charge in [-0.2, -0.15) is 4.99 Å². The number of rotatable bonds is 9. The lowest BCUT2D eigenvalue weighted by Gasteiger charge is -2.19. The molecular formula is C26H29N5O4S2. The van der Waals surface area contributed by atoms with Crippen molar-refractivity contribution in [3.8, 4) is 5.75 Å². The molecule has 2 aliphatic heterocycles. The van der Waals surface area contributed by atoms with Crippen molar-refractivity contribution in [2.24, 2.45) is 15.9 Å². The number of nitrogens with zero attached hydrogens (tertiary/aromatic N) is 5. The van der Waals surface area contributed by atoms with Crippen LogP contribution in [-0.4, -0.2) is 50.4 Å². The number of benzene rings is 1. The van der Waals surface area contributed by atoms with Crippen molar-refractivity contribution >= 4 is 46.3 Å². The average Bonchev–Trinajstić information content (AvgIpc) is 3.41. The van der Waals surface area contributed by atoms with Gasteiger partial charge < -0.3 is 9.47 Å². The maximum Gasteiger partial charge on any atom is 0.344 e. The van der Waals surface area contributed by atoms with E-state index in [1.165, 1.54) is 36.2 Å². The smallest absolute Gasteiger partial charge is 0.344 e. The minimum atomic E-state index is -0.613. The van der Waals surface area contributed by atoms with Gasteiger partial charge in [0.2, 0.25) is 0 Å². The molecular weight excluding hydrogens is 510 g/mol. The van der Waals surface area contributed by atoms with Crippen molar-refractivity contribution in [3.63, 3.8) is 0 Å². The number of aliphatic imine (C=N–C) groups is 2. The predicted octanol–water partition coefficient (Wildman–Crippen LogP) is 4.58. The third-order valence-electron chi connectivity index (χ3n) is 5.86. The number of amides is 1. The Kier molecular flexibility index (Phi) is 8.03. The Morgan fingerprint density at radius 3 is 2.59 bits per heavy atom. The minimum Gasteiger partial charge on any atom is -0.486 e. The summed E-state index contributed by atoms with van der Waals surface area (Å²) in [5.74, 6) is 0.684.